The predicted molar refractivity (Wildman–Crippen MR) is 62.4 cm³/mol. The van der Waals surface area contributed by atoms with E-state index in [9.17, 15) is 13.2 Å². The molecule has 2 rings (SSSR count). The Bertz CT molecular complexity index is 463. The van der Waals surface area contributed by atoms with Gasteiger partial charge in [0, 0.05) is 18.6 Å². The zero-order chi connectivity index (χ0) is 13.6. The maximum Gasteiger partial charge on any atom is 0.417 e. The Kier molecular flexibility index (Phi) is 3.34. The highest BCUT2D eigenvalue weighted by Gasteiger charge is 2.54. The molecule has 0 radical (unpaired) electrons. The van der Waals surface area contributed by atoms with Gasteiger partial charge in [0.1, 0.15) is 0 Å². The lowest BCUT2D eigenvalue weighted by Gasteiger charge is -2.18. The van der Waals surface area contributed by atoms with E-state index in [4.69, 9.17) is 22.4 Å². The van der Waals surface area contributed by atoms with Crippen molar-refractivity contribution in [3.8, 4) is 0 Å². The highest BCUT2D eigenvalue weighted by Crippen LogP contribution is 2.54. The van der Waals surface area contributed by atoms with Crippen molar-refractivity contribution in [1.82, 2.24) is 0 Å². The number of aliphatic hydroxyl groups is 1. The Labute approximate surface area is 108 Å². The minimum absolute atomic E-state index is 0.0650. The van der Waals surface area contributed by atoms with Crippen molar-refractivity contribution in [3.05, 3.63) is 34.3 Å². The van der Waals surface area contributed by atoms with Crippen LogP contribution in [0.2, 0.25) is 5.02 Å². The minimum atomic E-state index is -4.48. The molecular formula is C12H13ClF3NO. The summed E-state index contributed by atoms with van der Waals surface area (Å²) >= 11 is 5.56. The maximum absolute atomic E-state index is 12.8. The van der Waals surface area contributed by atoms with Crippen LogP contribution in [-0.4, -0.2) is 18.3 Å². The third-order valence-electron chi connectivity index (χ3n) is 3.66. The van der Waals surface area contributed by atoms with Gasteiger partial charge in [-0.3, -0.25) is 0 Å². The Morgan fingerprint density at radius 3 is 2.56 bits per heavy atom. The van der Waals surface area contributed by atoms with Crippen LogP contribution in [0.25, 0.3) is 0 Å². The summed E-state index contributed by atoms with van der Waals surface area (Å²) in [6, 6.07) is 3.84. The van der Waals surface area contributed by atoms with E-state index in [0.717, 1.165) is 6.07 Å². The van der Waals surface area contributed by atoms with Gasteiger partial charge < -0.3 is 10.8 Å². The monoisotopic (exact) mass is 279 g/mol. The Balaban J connectivity index is 2.42. The van der Waals surface area contributed by atoms with Crippen LogP contribution < -0.4 is 5.73 Å². The molecule has 0 aromatic heterocycles. The molecule has 2 nitrogen and oxygen atoms in total. The first-order valence-corrected chi connectivity index (χ1v) is 5.91. The Morgan fingerprint density at radius 1 is 1.44 bits per heavy atom. The van der Waals surface area contributed by atoms with Crippen molar-refractivity contribution in [2.24, 2.45) is 11.7 Å². The molecule has 100 valence electrons. The molecule has 1 aliphatic rings. The lowest BCUT2D eigenvalue weighted by molar-refractivity contribution is -0.137. The van der Waals surface area contributed by atoms with Crippen LogP contribution in [0.15, 0.2) is 18.2 Å². The topological polar surface area (TPSA) is 46.2 Å². The van der Waals surface area contributed by atoms with Gasteiger partial charge in [-0.15, -0.1) is 0 Å². The first-order valence-electron chi connectivity index (χ1n) is 5.53. The summed E-state index contributed by atoms with van der Waals surface area (Å²) in [6.07, 6.45) is -3.87. The van der Waals surface area contributed by atoms with Gasteiger partial charge in [0.05, 0.1) is 10.6 Å². The van der Waals surface area contributed by atoms with Crippen LogP contribution in [0.3, 0.4) is 0 Å². The molecule has 0 heterocycles. The number of hydrogen-bond donors (Lipinski definition) is 2. The summed E-state index contributed by atoms with van der Waals surface area (Å²) in [7, 11) is 0. The molecule has 0 aliphatic heterocycles. The first-order chi connectivity index (χ1) is 8.35. The molecule has 18 heavy (non-hydrogen) atoms. The molecule has 2 atom stereocenters. The SMILES string of the molecule is NCC1(c2ccc(Cl)c(C(F)(F)F)c2)C[C@@H]1CO. The lowest BCUT2D eigenvalue weighted by Crippen LogP contribution is -2.24. The summed E-state index contributed by atoms with van der Waals surface area (Å²) in [5.41, 5.74) is 4.76. The van der Waals surface area contributed by atoms with Crippen molar-refractivity contribution in [2.45, 2.75) is 18.0 Å². The molecule has 1 aromatic rings. The van der Waals surface area contributed by atoms with Gasteiger partial charge in [-0.2, -0.15) is 13.2 Å². The summed E-state index contributed by atoms with van der Waals surface area (Å²) < 4.78 is 38.3. The van der Waals surface area contributed by atoms with Gasteiger partial charge >= 0.3 is 6.18 Å². The molecule has 0 saturated heterocycles. The number of halogens is 4. The fraction of sp³-hybridized carbons (Fsp3) is 0.500. The second kappa shape index (κ2) is 4.40. The van der Waals surface area contributed by atoms with E-state index in [0.29, 0.717) is 12.0 Å². The molecular weight excluding hydrogens is 267 g/mol. The zero-order valence-electron chi connectivity index (χ0n) is 9.47. The van der Waals surface area contributed by atoms with Gasteiger partial charge in [-0.25, -0.2) is 0 Å². The van der Waals surface area contributed by atoms with Crippen molar-refractivity contribution >= 4 is 11.6 Å². The van der Waals surface area contributed by atoms with Crippen molar-refractivity contribution in [2.75, 3.05) is 13.2 Å². The molecule has 1 fully saturated rings. The van der Waals surface area contributed by atoms with Crippen molar-refractivity contribution in [1.29, 1.82) is 0 Å². The van der Waals surface area contributed by atoms with E-state index in [-0.39, 0.29) is 24.1 Å². The van der Waals surface area contributed by atoms with E-state index in [2.05, 4.69) is 0 Å². The normalized spacial score (nSPS) is 27.3. The second-order valence-electron chi connectivity index (χ2n) is 4.64. The summed E-state index contributed by atoms with van der Waals surface area (Å²) in [5, 5.41) is 8.79. The number of aliphatic hydroxyl groups excluding tert-OH is 1. The molecule has 1 aromatic carbocycles. The quantitative estimate of drug-likeness (QED) is 0.893. The molecule has 1 saturated carbocycles. The molecule has 0 amide bonds. The van der Waals surface area contributed by atoms with E-state index < -0.39 is 17.2 Å². The van der Waals surface area contributed by atoms with Gasteiger partial charge in [-0.05, 0) is 30.0 Å². The van der Waals surface area contributed by atoms with Crippen LogP contribution in [-0.2, 0) is 11.6 Å². The predicted octanol–water partition coefficient (Wildman–Crippen LogP) is 2.57. The fourth-order valence-corrected chi connectivity index (χ4v) is 2.62. The largest absolute Gasteiger partial charge is 0.417 e. The average Bonchev–Trinajstić information content (AvgIpc) is 3.03. The van der Waals surface area contributed by atoms with Crippen LogP contribution in [0.4, 0.5) is 13.2 Å². The van der Waals surface area contributed by atoms with Gasteiger partial charge in [0.2, 0.25) is 0 Å². The standard InChI is InChI=1S/C12H13ClF3NO/c13-10-2-1-7(3-9(10)12(14,15)16)11(6-17)4-8(11)5-18/h1-3,8,18H,4-6,17H2/t8-,11?/m1/s1. The van der Waals surface area contributed by atoms with Crippen LogP contribution >= 0.6 is 11.6 Å². The Morgan fingerprint density at radius 2 is 2.11 bits per heavy atom. The van der Waals surface area contributed by atoms with Gasteiger partial charge in [-0.1, -0.05) is 17.7 Å². The van der Waals surface area contributed by atoms with Gasteiger partial charge in [0.15, 0.2) is 0 Å². The summed E-state index contributed by atoms with van der Waals surface area (Å²) in [4.78, 5) is 0. The van der Waals surface area contributed by atoms with E-state index in [1.807, 2.05) is 0 Å². The van der Waals surface area contributed by atoms with Crippen molar-refractivity contribution < 1.29 is 18.3 Å². The number of alkyl halides is 3. The smallest absolute Gasteiger partial charge is 0.396 e. The zero-order valence-corrected chi connectivity index (χ0v) is 10.2. The molecule has 3 N–H and O–H groups in total. The third kappa shape index (κ3) is 2.11. The first kappa shape index (κ1) is 13.6. The van der Waals surface area contributed by atoms with Crippen LogP contribution in [0.5, 0.6) is 0 Å². The number of nitrogens with two attached hydrogens (primary N) is 1. The van der Waals surface area contributed by atoms with E-state index in [1.165, 1.54) is 6.07 Å². The van der Waals surface area contributed by atoms with Crippen LogP contribution in [0.1, 0.15) is 17.5 Å². The lowest BCUT2D eigenvalue weighted by atomic mass is 9.92. The molecule has 0 spiro atoms. The summed E-state index contributed by atoms with van der Waals surface area (Å²) in [5.74, 6) is -0.0650. The number of hydrogen-bond acceptors (Lipinski definition) is 2. The van der Waals surface area contributed by atoms with E-state index in [1.54, 1.807) is 6.07 Å². The number of benzene rings is 1. The molecule has 1 unspecified atom stereocenters. The van der Waals surface area contributed by atoms with Crippen LogP contribution in [0, 0.1) is 5.92 Å². The Hall–Kier alpha value is -0.780. The summed E-state index contributed by atoms with van der Waals surface area (Å²) in [6.45, 7) is 0.151. The maximum atomic E-state index is 12.8. The fourth-order valence-electron chi connectivity index (χ4n) is 2.39. The van der Waals surface area contributed by atoms with Crippen molar-refractivity contribution in [3.63, 3.8) is 0 Å². The third-order valence-corrected chi connectivity index (χ3v) is 3.99. The van der Waals surface area contributed by atoms with Gasteiger partial charge in [0.25, 0.3) is 0 Å². The second-order valence-corrected chi connectivity index (χ2v) is 5.04. The number of rotatable bonds is 3. The molecule has 0 bridgehead atoms. The minimum Gasteiger partial charge on any atom is -0.396 e. The average molecular weight is 280 g/mol. The van der Waals surface area contributed by atoms with E-state index >= 15 is 0 Å². The molecule has 1 aliphatic carbocycles. The highest BCUT2D eigenvalue weighted by molar-refractivity contribution is 6.31. The highest BCUT2D eigenvalue weighted by atomic mass is 35.5. The molecule has 6 heteroatoms.